The van der Waals surface area contributed by atoms with Crippen molar-refractivity contribution in [2.75, 3.05) is 6.54 Å². The molecule has 104 valence electrons. The first-order chi connectivity index (χ1) is 8.86. The number of carboxylic acids is 1. The summed E-state index contributed by atoms with van der Waals surface area (Å²) in [5, 5.41) is 12.0. The third kappa shape index (κ3) is 3.57. The summed E-state index contributed by atoms with van der Waals surface area (Å²) in [5.41, 5.74) is 2.82. The lowest BCUT2D eigenvalue weighted by Gasteiger charge is -2.19. The average Bonchev–Trinajstić information content (AvgIpc) is 2.77. The highest BCUT2D eigenvalue weighted by Gasteiger charge is 2.28. The Hall–Kier alpha value is -1.35. The van der Waals surface area contributed by atoms with Gasteiger partial charge in [-0.05, 0) is 41.8 Å². The number of rotatable bonds is 3. The van der Waals surface area contributed by atoms with Crippen molar-refractivity contribution in [2.24, 2.45) is 5.92 Å². The number of hydrogen-bond donors (Lipinski definition) is 2. The molecule has 1 fully saturated rings. The highest BCUT2D eigenvalue weighted by molar-refractivity contribution is 5.73. The van der Waals surface area contributed by atoms with E-state index in [1.807, 2.05) is 0 Å². The Balaban J connectivity index is 1.96. The molecule has 2 unspecified atom stereocenters. The van der Waals surface area contributed by atoms with E-state index >= 15 is 0 Å². The molecule has 2 atom stereocenters. The van der Waals surface area contributed by atoms with Gasteiger partial charge in [0.2, 0.25) is 0 Å². The van der Waals surface area contributed by atoms with E-state index in [0.717, 1.165) is 19.4 Å². The molecule has 1 aromatic carbocycles. The molecule has 0 aliphatic carbocycles. The van der Waals surface area contributed by atoms with Gasteiger partial charge in [0, 0.05) is 0 Å². The average molecular weight is 261 g/mol. The normalized spacial score (nSPS) is 23.5. The molecule has 0 aromatic heterocycles. The summed E-state index contributed by atoms with van der Waals surface area (Å²) in [7, 11) is 0. The van der Waals surface area contributed by atoms with Crippen LogP contribution in [0.15, 0.2) is 24.3 Å². The quantitative estimate of drug-likeness (QED) is 0.879. The van der Waals surface area contributed by atoms with E-state index in [0.29, 0.717) is 5.92 Å². The number of nitrogens with one attached hydrogen (secondary N) is 1. The van der Waals surface area contributed by atoms with Gasteiger partial charge in [-0.15, -0.1) is 0 Å². The van der Waals surface area contributed by atoms with Crippen LogP contribution in [0, 0.1) is 5.92 Å². The Morgan fingerprint density at radius 2 is 1.95 bits per heavy atom. The van der Waals surface area contributed by atoms with Crippen LogP contribution in [-0.2, 0) is 16.6 Å². The molecule has 3 nitrogen and oxygen atoms in total. The van der Waals surface area contributed by atoms with Gasteiger partial charge in [-0.3, -0.25) is 4.79 Å². The van der Waals surface area contributed by atoms with Gasteiger partial charge >= 0.3 is 5.97 Å². The fraction of sp³-hybridized carbons (Fsp3) is 0.562. The molecule has 1 aliphatic rings. The van der Waals surface area contributed by atoms with Crippen molar-refractivity contribution < 1.29 is 9.90 Å². The maximum atomic E-state index is 10.9. The third-order valence-electron chi connectivity index (χ3n) is 3.86. The Labute approximate surface area is 115 Å². The maximum absolute atomic E-state index is 10.9. The Morgan fingerprint density at radius 1 is 1.32 bits per heavy atom. The summed E-state index contributed by atoms with van der Waals surface area (Å²) in [6.45, 7) is 7.43. The van der Waals surface area contributed by atoms with Crippen molar-refractivity contribution in [3.05, 3.63) is 35.4 Å². The maximum Gasteiger partial charge on any atom is 0.320 e. The highest BCUT2D eigenvalue weighted by Crippen LogP contribution is 2.24. The molecule has 0 spiro atoms. The van der Waals surface area contributed by atoms with Crippen molar-refractivity contribution in [3.63, 3.8) is 0 Å². The molecule has 3 heteroatoms. The second kappa shape index (κ2) is 5.33. The second-order valence-corrected chi connectivity index (χ2v) is 6.55. The Kier molecular flexibility index (Phi) is 3.95. The molecule has 1 saturated heterocycles. The fourth-order valence-electron chi connectivity index (χ4n) is 2.63. The number of aliphatic carboxylic acids is 1. The summed E-state index contributed by atoms with van der Waals surface area (Å²) >= 11 is 0. The van der Waals surface area contributed by atoms with Crippen LogP contribution in [0.3, 0.4) is 0 Å². The molecule has 2 rings (SSSR count). The number of carboxylic acid groups (broad SMARTS) is 1. The minimum absolute atomic E-state index is 0.182. The van der Waals surface area contributed by atoms with Crippen LogP contribution in [0.5, 0.6) is 0 Å². The monoisotopic (exact) mass is 261 g/mol. The third-order valence-corrected chi connectivity index (χ3v) is 3.86. The van der Waals surface area contributed by atoms with Crippen LogP contribution < -0.4 is 5.32 Å². The standard InChI is InChI=1S/C16H23NO2/c1-16(2,3)13-6-4-11(5-7-13)8-12-9-14(15(18)19)17-10-12/h4-7,12,14,17H,8-10H2,1-3H3,(H,18,19). The lowest BCUT2D eigenvalue weighted by atomic mass is 9.86. The topological polar surface area (TPSA) is 49.3 Å². The lowest BCUT2D eigenvalue weighted by molar-refractivity contribution is -0.139. The van der Waals surface area contributed by atoms with Crippen molar-refractivity contribution in [3.8, 4) is 0 Å². The van der Waals surface area contributed by atoms with Crippen molar-refractivity contribution in [1.82, 2.24) is 5.32 Å². The van der Waals surface area contributed by atoms with Gasteiger partial charge in [-0.25, -0.2) is 0 Å². The van der Waals surface area contributed by atoms with Gasteiger partial charge in [0.05, 0.1) is 0 Å². The minimum atomic E-state index is -0.731. The van der Waals surface area contributed by atoms with E-state index in [1.165, 1.54) is 11.1 Å². The van der Waals surface area contributed by atoms with Crippen LogP contribution in [0.25, 0.3) is 0 Å². The number of carbonyl (C=O) groups is 1. The Morgan fingerprint density at radius 3 is 2.42 bits per heavy atom. The number of benzene rings is 1. The van der Waals surface area contributed by atoms with Crippen LogP contribution in [0.1, 0.15) is 38.3 Å². The molecule has 0 radical (unpaired) electrons. The molecular weight excluding hydrogens is 238 g/mol. The van der Waals surface area contributed by atoms with Crippen LogP contribution in [-0.4, -0.2) is 23.7 Å². The first-order valence-corrected chi connectivity index (χ1v) is 6.92. The van der Waals surface area contributed by atoms with Crippen molar-refractivity contribution >= 4 is 5.97 Å². The van der Waals surface area contributed by atoms with E-state index in [2.05, 4.69) is 50.4 Å². The van der Waals surface area contributed by atoms with Crippen molar-refractivity contribution in [1.29, 1.82) is 0 Å². The summed E-state index contributed by atoms with van der Waals surface area (Å²) in [6, 6.07) is 8.36. The molecule has 0 saturated carbocycles. The molecule has 1 aromatic rings. The van der Waals surface area contributed by atoms with Gasteiger partial charge < -0.3 is 10.4 Å². The summed E-state index contributed by atoms with van der Waals surface area (Å²) in [6.07, 6.45) is 1.69. The molecule has 2 N–H and O–H groups in total. The van der Waals surface area contributed by atoms with E-state index in [-0.39, 0.29) is 11.5 Å². The molecule has 1 heterocycles. The molecular formula is C16H23NO2. The smallest absolute Gasteiger partial charge is 0.320 e. The van der Waals surface area contributed by atoms with Crippen molar-refractivity contribution in [2.45, 2.75) is 45.1 Å². The zero-order chi connectivity index (χ0) is 14.0. The van der Waals surface area contributed by atoms with Gasteiger partial charge in [0.25, 0.3) is 0 Å². The van der Waals surface area contributed by atoms with Gasteiger partial charge in [0.15, 0.2) is 0 Å². The minimum Gasteiger partial charge on any atom is -0.480 e. The van der Waals surface area contributed by atoms with Crippen LogP contribution >= 0.6 is 0 Å². The van der Waals surface area contributed by atoms with E-state index in [4.69, 9.17) is 5.11 Å². The van der Waals surface area contributed by atoms with E-state index in [9.17, 15) is 4.79 Å². The summed E-state index contributed by atoms with van der Waals surface area (Å²) in [5.74, 6) is -0.299. The highest BCUT2D eigenvalue weighted by atomic mass is 16.4. The largest absolute Gasteiger partial charge is 0.480 e. The zero-order valence-corrected chi connectivity index (χ0v) is 11.9. The second-order valence-electron chi connectivity index (χ2n) is 6.55. The SMILES string of the molecule is CC(C)(C)c1ccc(CC2CNC(C(=O)O)C2)cc1. The van der Waals surface area contributed by atoms with Gasteiger partial charge in [0.1, 0.15) is 6.04 Å². The van der Waals surface area contributed by atoms with Crippen LogP contribution in [0.2, 0.25) is 0 Å². The molecule has 0 amide bonds. The van der Waals surface area contributed by atoms with E-state index < -0.39 is 5.97 Å². The summed E-state index contributed by atoms with van der Waals surface area (Å²) in [4.78, 5) is 10.9. The fourth-order valence-corrected chi connectivity index (χ4v) is 2.63. The molecule has 0 bridgehead atoms. The lowest BCUT2D eigenvalue weighted by Crippen LogP contribution is -2.29. The zero-order valence-electron chi connectivity index (χ0n) is 11.9. The van der Waals surface area contributed by atoms with E-state index in [1.54, 1.807) is 0 Å². The summed E-state index contributed by atoms with van der Waals surface area (Å²) < 4.78 is 0. The predicted molar refractivity (Wildman–Crippen MR) is 76.4 cm³/mol. The number of hydrogen-bond acceptors (Lipinski definition) is 2. The van der Waals surface area contributed by atoms with Gasteiger partial charge in [-0.2, -0.15) is 0 Å². The molecule has 19 heavy (non-hydrogen) atoms. The van der Waals surface area contributed by atoms with Gasteiger partial charge in [-0.1, -0.05) is 45.0 Å². The first-order valence-electron chi connectivity index (χ1n) is 6.92. The van der Waals surface area contributed by atoms with Crippen LogP contribution in [0.4, 0.5) is 0 Å². The predicted octanol–water partition coefficient (Wildman–Crippen LogP) is 2.59. The molecule has 1 aliphatic heterocycles. The first kappa shape index (κ1) is 14.1. The Bertz CT molecular complexity index is 445.